The van der Waals surface area contributed by atoms with Gasteiger partial charge in [0.25, 0.3) is 5.91 Å². The Morgan fingerprint density at radius 2 is 1.83 bits per heavy atom. The summed E-state index contributed by atoms with van der Waals surface area (Å²) in [6.07, 6.45) is 2.59. The van der Waals surface area contributed by atoms with E-state index in [0.717, 1.165) is 6.07 Å². The Labute approximate surface area is 168 Å². The lowest BCUT2D eigenvalue weighted by Gasteiger charge is -2.29. The molecule has 158 valence electrons. The summed E-state index contributed by atoms with van der Waals surface area (Å²) in [5, 5.41) is 2.98. The van der Waals surface area contributed by atoms with E-state index >= 15 is 0 Å². The number of hydrogen-bond acceptors (Lipinski definition) is 5. The van der Waals surface area contributed by atoms with E-state index in [1.165, 1.54) is 12.1 Å². The van der Waals surface area contributed by atoms with Gasteiger partial charge in [0.05, 0.1) is 12.1 Å². The Balaban J connectivity index is 1.53. The van der Waals surface area contributed by atoms with E-state index in [1.807, 2.05) is 13.8 Å². The summed E-state index contributed by atoms with van der Waals surface area (Å²) in [6.45, 7) is 5.62. The summed E-state index contributed by atoms with van der Waals surface area (Å²) in [7, 11) is 0. The third-order valence-electron chi connectivity index (χ3n) is 5.18. The van der Waals surface area contributed by atoms with Gasteiger partial charge >= 0.3 is 0 Å². The molecule has 1 saturated carbocycles. The molecular weight excluding hydrogens is 380 g/mol. The number of nitrogens with zero attached hydrogens (tertiary/aromatic N) is 1. The Morgan fingerprint density at radius 3 is 2.41 bits per heavy atom. The number of carbonyl (C=O) groups excluding carboxylic acids is 1. The molecule has 1 aromatic heterocycles. The number of hydrogen-bond donors (Lipinski definition) is 2. The summed E-state index contributed by atoms with van der Waals surface area (Å²) >= 11 is 0. The summed E-state index contributed by atoms with van der Waals surface area (Å²) in [4.78, 5) is 16.9. The highest BCUT2D eigenvalue weighted by Crippen LogP contribution is 2.26. The lowest BCUT2D eigenvalue weighted by molar-refractivity contribution is 0.0887. The van der Waals surface area contributed by atoms with Crippen molar-refractivity contribution in [1.29, 1.82) is 0 Å². The summed E-state index contributed by atoms with van der Waals surface area (Å²) in [5.74, 6) is -0.486. The van der Waals surface area contributed by atoms with Crippen LogP contribution in [0.25, 0.3) is 0 Å². The van der Waals surface area contributed by atoms with Crippen molar-refractivity contribution in [3.05, 3.63) is 47.2 Å². The molecule has 0 spiro atoms. The van der Waals surface area contributed by atoms with Crippen LogP contribution in [-0.2, 0) is 0 Å². The number of benzene rings is 1. The van der Waals surface area contributed by atoms with Crippen LogP contribution in [0.1, 0.15) is 67.7 Å². The summed E-state index contributed by atoms with van der Waals surface area (Å²) in [5.41, 5.74) is 6.31. The van der Waals surface area contributed by atoms with Crippen molar-refractivity contribution in [3.8, 4) is 5.75 Å². The Kier molecular flexibility index (Phi) is 6.52. The number of aryl methyl sites for hydroxylation is 1. The standard InChI is InChI=1S/C21H27F2N3O3/c1-11(2)18(24)21-26-19(12(3)28-21)20(27)25-15-4-6-16(7-5-15)29-17-9-13(22)8-14(23)10-17/h8-11,15-16,18H,4-7,24H2,1-3H3,(H,25,27)/t15?,16?,18-/m0/s1. The molecule has 8 heteroatoms. The molecule has 1 amide bonds. The van der Waals surface area contributed by atoms with Gasteiger partial charge in [-0.3, -0.25) is 4.79 Å². The number of nitrogens with one attached hydrogen (secondary N) is 1. The molecule has 2 aromatic rings. The number of aromatic nitrogens is 1. The molecule has 1 fully saturated rings. The molecule has 3 rings (SSSR count). The van der Waals surface area contributed by atoms with Gasteiger partial charge in [0.1, 0.15) is 23.1 Å². The van der Waals surface area contributed by atoms with Crippen molar-refractivity contribution in [3.63, 3.8) is 0 Å². The van der Waals surface area contributed by atoms with Gasteiger partial charge in [-0.05, 0) is 38.5 Å². The zero-order valence-electron chi connectivity index (χ0n) is 16.9. The first kappa shape index (κ1) is 21.2. The molecule has 1 aliphatic rings. The smallest absolute Gasteiger partial charge is 0.273 e. The topological polar surface area (TPSA) is 90.4 Å². The molecule has 1 aliphatic carbocycles. The van der Waals surface area contributed by atoms with E-state index in [4.69, 9.17) is 14.9 Å². The van der Waals surface area contributed by atoms with Crippen LogP contribution in [0.5, 0.6) is 5.75 Å². The van der Waals surface area contributed by atoms with Crippen LogP contribution in [0.4, 0.5) is 8.78 Å². The highest BCUT2D eigenvalue weighted by molar-refractivity contribution is 5.93. The second-order valence-corrected chi connectivity index (χ2v) is 7.90. The second-order valence-electron chi connectivity index (χ2n) is 7.90. The fourth-order valence-corrected chi connectivity index (χ4v) is 3.42. The monoisotopic (exact) mass is 407 g/mol. The van der Waals surface area contributed by atoms with Crippen LogP contribution in [0.15, 0.2) is 22.6 Å². The lowest BCUT2D eigenvalue weighted by Crippen LogP contribution is -2.40. The summed E-state index contributed by atoms with van der Waals surface area (Å²) in [6, 6.07) is 2.76. The van der Waals surface area contributed by atoms with Gasteiger partial charge in [-0.1, -0.05) is 13.8 Å². The van der Waals surface area contributed by atoms with Crippen LogP contribution in [0.3, 0.4) is 0 Å². The average Bonchev–Trinajstić information content (AvgIpc) is 3.03. The normalized spacial score (nSPS) is 20.5. The molecule has 0 radical (unpaired) electrons. The number of halogens is 2. The van der Waals surface area contributed by atoms with E-state index in [1.54, 1.807) is 6.92 Å². The van der Waals surface area contributed by atoms with Crippen LogP contribution in [0.2, 0.25) is 0 Å². The Hall–Kier alpha value is -2.48. The van der Waals surface area contributed by atoms with Crippen molar-refractivity contribution in [2.24, 2.45) is 11.7 Å². The molecule has 1 aromatic carbocycles. The van der Waals surface area contributed by atoms with Gasteiger partial charge in [-0.2, -0.15) is 0 Å². The van der Waals surface area contributed by atoms with Crippen LogP contribution < -0.4 is 15.8 Å². The van der Waals surface area contributed by atoms with E-state index in [0.29, 0.717) is 37.3 Å². The van der Waals surface area contributed by atoms with Crippen molar-refractivity contribution in [1.82, 2.24) is 10.3 Å². The molecule has 1 atom stereocenters. The minimum Gasteiger partial charge on any atom is -0.490 e. The fourth-order valence-electron chi connectivity index (χ4n) is 3.42. The minimum atomic E-state index is -0.666. The van der Waals surface area contributed by atoms with Gasteiger partial charge in [-0.15, -0.1) is 0 Å². The van der Waals surface area contributed by atoms with Gasteiger partial charge in [0.15, 0.2) is 5.69 Å². The van der Waals surface area contributed by atoms with Crippen molar-refractivity contribution in [2.45, 2.75) is 64.6 Å². The van der Waals surface area contributed by atoms with Crippen molar-refractivity contribution < 1.29 is 22.7 Å². The number of ether oxygens (including phenoxy) is 1. The Morgan fingerprint density at radius 1 is 1.21 bits per heavy atom. The molecule has 0 saturated heterocycles. The maximum absolute atomic E-state index is 13.3. The number of rotatable bonds is 6. The van der Waals surface area contributed by atoms with Gasteiger partial charge in [-0.25, -0.2) is 13.8 Å². The van der Waals surface area contributed by atoms with Crippen LogP contribution >= 0.6 is 0 Å². The van der Waals surface area contributed by atoms with E-state index in [2.05, 4.69) is 10.3 Å². The maximum Gasteiger partial charge on any atom is 0.273 e. The van der Waals surface area contributed by atoms with Crippen LogP contribution in [0, 0.1) is 24.5 Å². The molecular formula is C21H27F2N3O3. The zero-order valence-corrected chi connectivity index (χ0v) is 16.9. The van der Waals surface area contributed by atoms with Crippen molar-refractivity contribution >= 4 is 5.91 Å². The predicted octanol–water partition coefficient (Wildman–Crippen LogP) is 4.04. The first-order valence-corrected chi connectivity index (χ1v) is 9.89. The summed E-state index contributed by atoms with van der Waals surface area (Å²) < 4.78 is 37.8. The third-order valence-corrected chi connectivity index (χ3v) is 5.18. The predicted molar refractivity (Wildman–Crippen MR) is 104 cm³/mol. The van der Waals surface area contributed by atoms with Gasteiger partial charge in [0.2, 0.25) is 5.89 Å². The van der Waals surface area contributed by atoms with Crippen molar-refractivity contribution in [2.75, 3.05) is 0 Å². The third kappa shape index (κ3) is 5.32. The Bertz CT molecular complexity index is 841. The van der Waals surface area contributed by atoms with Gasteiger partial charge in [0, 0.05) is 24.2 Å². The highest BCUT2D eigenvalue weighted by Gasteiger charge is 2.27. The molecule has 3 N–H and O–H groups in total. The largest absolute Gasteiger partial charge is 0.490 e. The molecule has 0 bridgehead atoms. The molecule has 29 heavy (non-hydrogen) atoms. The maximum atomic E-state index is 13.3. The molecule has 0 unspecified atom stereocenters. The number of carbonyl (C=O) groups is 1. The fraction of sp³-hybridized carbons (Fsp3) is 0.524. The first-order valence-electron chi connectivity index (χ1n) is 9.89. The number of amides is 1. The first-order chi connectivity index (χ1) is 13.7. The second kappa shape index (κ2) is 8.90. The van der Waals surface area contributed by atoms with Gasteiger partial charge < -0.3 is 20.2 Å². The zero-order chi connectivity index (χ0) is 21.1. The van der Waals surface area contributed by atoms with E-state index in [9.17, 15) is 13.6 Å². The number of nitrogens with two attached hydrogens (primary N) is 1. The quantitative estimate of drug-likeness (QED) is 0.754. The average molecular weight is 407 g/mol. The lowest BCUT2D eigenvalue weighted by atomic mass is 9.92. The number of oxazole rings is 1. The van der Waals surface area contributed by atoms with Crippen LogP contribution in [-0.4, -0.2) is 23.0 Å². The SMILES string of the molecule is Cc1oc([C@@H](N)C(C)C)nc1C(=O)NC1CCC(Oc2cc(F)cc(F)c2)CC1. The minimum absolute atomic E-state index is 0.0232. The molecule has 1 heterocycles. The molecule has 6 nitrogen and oxygen atoms in total. The van der Waals surface area contributed by atoms with E-state index < -0.39 is 11.6 Å². The highest BCUT2D eigenvalue weighted by atomic mass is 19.1. The van der Waals surface area contributed by atoms with E-state index in [-0.39, 0.29) is 41.5 Å². The molecule has 0 aliphatic heterocycles.